The van der Waals surface area contributed by atoms with E-state index in [1.807, 2.05) is 38.1 Å². The van der Waals surface area contributed by atoms with Crippen LogP contribution in [0.25, 0.3) is 33.4 Å². The van der Waals surface area contributed by atoms with Gasteiger partial charge in [0.25, 0.3) is 0 Å². The van der Waals surface area contributed by atoms with Crippen LogP contribution >= 0.6 is 0 Å². The second kappa shape index (κ2) is 7.19. The maximum absolute atomic E-state index is 13.6. The molecular weight excluding hydrogens is 344 g/mol. The van der Waals surface area contributed by atoms with Crippen molar-refractivity contribution in [3.05, 3.63) is 77.8 Å². The maximum Gasteiger partial charge on any atom is 0.161 e. The standard InChI is InChI=1S/C21H15F2N3.CH4/c1-12-16(14-5-7-17(22)18(23)10-14)6-8-19-20(12)13(2)25-21(26-19)15-4-3-9-24-11-15;/h3-11H,1-2H3;1H4. The van der Waals surface area contributed by atoms with Gasteiger partial charge in [0.2, 0.25) is 0 Å². The summed E-state index contributed by atoms with van der Waals surface area (Å²) in [4.78, 5) is 13.4. The van der Waals surface area contributed by atoms with Crippen LogP contribution in [0.3, 0.4) is 0 Å². The van der Waals surface area contributed by atoms with Crippen LogP contribution in [0.4, 0.5) is 8.78 Å². The maximum atomic E-state index is 13.6. The van der Waals surface area contributed by atoms with Crippen molar-refractivity contribution in [2.45, 2.75) is 21.3 Å². The van der Waals surface area contributed by atoms with Crippen molar-refractivity contribution in [1.29, 1.82) is 0 Å². The SMILES string of the molecule is C.Cc1nc(-c2cccnc2)nc2ccc(-c3ccc(F)c(F)c3)c(C)c12. The Morgan fingerprint density at radius 2 is 1.67 bits per heavy atom. The van der Waals surface area contributed by atoms with Gasteiger partial charge >= 0.3 is 0 Å². The summed E-state index contributed by atoms with van der Waals surface area (Å²) in [5, 5.41) is 0.917. The number of halogens is 2. The molecule has 0 aliphatic heterocycles. The number of fused-ring (bicyclic) bond motifs is 1. The molecule has 0 amide bonds. The smallest absolute Gasteiger partial charge is 0.161 e. The number of aromatic nitrogens is 3. The van der Waals surface area contributed by atoms with E-state index in [0.29, 0.717) is 11.4 Å². The zero-order chi connectivity index (χ0) is 18.3. The lowest BCUT2D eigenvalue weighted by molar-refractivity contribution is 0.509. The molecule has 0 bridgehead atoms. The molecule has 0 aliphatic rings. The topological polar surface area (TPSA) is 38.7 Å². The fraction of sp³-hybridized carbons (Fsp3) is 0.136. The Balaban J connectivity index is 0.00000210. The minimum Gasteiger partial charge on any atom is -0.264 e. The van der Waals surface area contributed by atoms with E-state index < -0.39 is 11.6 Å². The van der Waals surface area contributed by atoms with Gasteiger partial charge in [0.1, 0.15) is 0 Å². The van der Waals surface area contributed by atoms with E-state index in [1.54, 1.807) is 18.5 Å². The van der Waals surface area contributed by atoms with Gasteiger partial charge in [0, 0.05) is 29.0 Å². The molecule has 4 rings (SSSR count). The van der Waals surface area contributed by atoms with E-state index in [4.69, 9.17) is 0 Å². The third-order valence-electron chi connectivity index (χ3n) is 4.46. The molecule has 2 aromatic carbocycles. The molecule has 0 spiro atoms. The molecule has 0 saturated carbocycles. The minimum absolute atomic E-state index is 0. The largest absolute Gasteiger partial charge is 0.264 e. The van der Waals surface area contributed by atoms with Gasteiger partial charge in [-0.15, -0.1) is 0 Å². The minimum atomic E-state index is -0.859. The van der Waals surface area contributed by atoms with Crippen molar-refractivity contribution < 1.29 is 8.78 Å². The van der Waals surface area contributed by atoms with Crippen LogP contribution in [-0.4, -0.2) is 15.0 Å². The molecule has 0 radical (unpaired) electrons. The molecule has 0 atom stereocenters. The van der Waals surface area contributed by atoms with Crippen molar-refractivity contribution in [3.63, 3.8) is 0 Å². The van der Waals surface area contributed by atoms with Crippen LogP contribution in [0.15, 0.2) is 54.9 Å². The predicted molar refractivity (Wildman–Crippen MR) is 104 cm³/mol. The first-order valence-electron chi connectivity index (χ1n) is 8.18. The van der Waals surface area contributed by atoms with Gasteiger partial charge in [-0.1, -0.05) is 19.6 Å². The summed E-state index contributed by atoms with van der Waals surface area (Å²) in [6, 6.07) is 11.4. The summed E-state index contributed by atoms with van der Waals surface area (Å²) >= 11 is 0. The van der Waals surface area contributed by atoms with Gasteiger partial charge in [0.05, 0.1) is 5.52 Å². The van der Waals surface area contributed by atoms with Gasteiger partial charge in [-0.3, -0.25) is 4.98 Å². The number of nitrogens with zero attached hydrogens (tertiary/aromatic N) is 3. The number of hydrogen-bond donors (Lipinski definition) is 0. The van der Waals surface area contributed by atoms with E-state index in [0.717, 1.165) is 39.4 Å². The lowest BCUT2D eigenvalue weighted by Crippen LogP contribution is -1.98. The number of hydrogen-bond acceptors (Lipinski definition) is 3. The number of aryl methyl sites for hydroxylation is 2. The zero-order valence-corrected chi connectivity index (χ0v) is 14.3. The second-order valence-corrected chi connectivity index (χ2v) is 6.14. The fourth-order valence-electron chi connectivity index (χ4n) is 3.20. The molecule has 2 aromatic heterocycles. The molecule has 2 heterocycles. The van der Waals surface area contributed by atoms with E-state index in [9.17, 15) is 8.78 Å². The van der Waals surface area contributed by atoms with Crippen LogP contribution < -0.4 is 0 Å². The molecule has 0 aliphatic carbocycles. The molecular formula is C22H19F2N3. The summed E-state index contributed by atoms with van der Waals surface area (Å²) in [6.45, 7) is 3.87. The van der Waals surface area contributed by atoms with Crippen molar-refractivity contribution in [2.75, 3.05) is 0 Å². The fourth-order valence-corrected chi connectivity index (χ4v) is 3.20. The Labute approximate surface area is 156 Å². The quantitative estimate of drug-likeness (QED) is 0.446. The molecule has 136 valence electrons. The predicted octanol–water partition coefficient (Wildman–Crippen LogP) is 5.89. The second-order valence-electron chi connectivity index (χ2n) is 6.14. The van der Waals surface area contributed by atoms with E-state index in [-0.39, 0.29) is 7.43 Å². The summed E-state index contributed by atoms with van der Waals surface area (Å²) in [6.07, 6.45) is 3.43. The lowest BCUT2D eigenvalue weighted by Gasteiger charge is -2.12. The lowest BCUT2D eigenvalue weighted by atomic mass is 9.96. The highest BCUT2D eigenvalue weighted by atomic mass is 19.2. The number of rotatable bonds is 2. The molecule has 0 unspecified atom stereocenters. The monoisotopic (exact) mass is 363 g/mol. The van der Waals surface area contributed by atoms with Crippen LogP contribution in [0.1, 0.15) is 18.7 Å². The van der Waals surface area contributed by atoms with E-state index in [2.05, 4.69) is 15.0 Å². The third kappa shape index (κ3) is 3.28. The van der Waals surface area contributed by atoms with Crippen molar-refractivity contribution in [1.82, 2.24) is 15.0 Å². The molecule has 4 aromatic rings. The van der Waals surface area contributed by atoms with E-state index >= 15 is 0 Å². The van der Waals surface area contributed by atoms with Crippen LogP contribution in [0.5, 0.6) is 0 Å². The molecule has 0 fully saturated rings. The van der Waals surface area contributed by atoms with Crippen LogP contribution in [0, 0.1) is 25.5 Å². The number of pyridine rings is 1. The van der Waals surface area contributed by atoms with Crippen molar-refractivity contribution in [2.24, 2.45) is 0 Å². The van der Waals surface area contributed by atoms with Gasteiger partial charge in [-0.2, -0.15) is 0 Å². The highest BCUT2D eigenvalue weighted by Gasteiger charge is 2.13. The van der Waals surface area contributed by atoms with Crippen molar-refractivity contribution in [3.8, 4) is 22.5 Å². The van der Waals surface area contributed by atoms with E-state index in [1.165, 1.54) is 6.07 Å². The first-order valence-corrected chi connectivity index (χ1v) is 8.18. The molecule has 0 N–H and O–H groups in total. The third-order valence-corrected chi connectivity index (χ3v) is 4.46. The van der Waals surface area contributed by atoms with Gasteiger partial charge in [-0.25, -0.2) is 18.7 Å². The Kier molecular flexibility index (Phi) is 4.95. The average molecular weight is 363 g/mol. The Bertz CT molecular complexity index is 1130. The van der Waals surface area contributed by atoms with Crippen molar-refractivity contribution >= 4 is 10.9 Å². The van der Waals surface area contributed by atoms with Crippen LogP contribution in [0.2, 0.25) is 0 Å². The summed E-state index contributed by atoms with van der Waals surface area (Å²) in [5.41, 5.74) is 4.87. The summed E-state index contributed by atoms with van der Waals surface area (Å²) < 4.78 is 26.9. The zero-order valence-electron chi connectivity index (χ0n) is 14.3. The van der Waals surface area contributed by atoms with Gasteiger partial charge in [-0.05, 0) is 60.9 Å². The van der Waals surface area contributed by atoms with Crippen LogP contribution in [-0.2, 0) is 0 Å². The Morgan fingerprint density at radius 1 is 0.852 bits per heavy atom. The van der Waals surface area contributed by atoms with Gasteiger partial charge in [0.15, 0.2) is 17.5 Å². The average Bonchev–Trinajstić information content (AvgIpc) is 2.65. The molecule has 27 heavy (non-hydrogen) atoms. The Morgan fingerprint density at radius 3 is 2.37 bits per heavy atom. The first kappa shape index (κ1) is 18.6. The summed E-state index contributed by atoms with van der Waals surface area (Å²) in [5.74, 6) is -1.10. The number of benzene rings is 2. The normalized spacial score (nSPS) is 10.7. The highest BCUT2D eigenvalue weighted by Crippen LogP contribution is 2.32. The first-order chi connectivity index (χ1) is 12.5. The summed E-state index contributed by atoms with van der Waals surface area (Å²) in [7, 11) is 0. The molecule has 5 heteroatoms. The molecule has 0 saturated heterocycles. The van der Waals surface area contributed by atoms with Gasteiger partial charge < -0.3 is 0 Å². The Hall–Kier alpha value is -3.21. The molecule has 3 nitrogen and oxygen atoms in total. The highest BCUT2D eigenvalue weighted by molar-refractivity contribution is 5.91.